The number of ether oxygens (including phenoxy) is 1. The third-order valence-electron chi connectivity index (χ3n) is 3.20. The summed E-state index contributed by atoms with van der Waals surface area (Å²) in [5, 5.41) is 14.4. The van der Waals surface area contributed by atoms with Crippen LogP contribution in [0, 0.1) is 5.92 Å². The summed E-state index contributed by atoms with van der Waals surface area (Å²) in [6, 6.07) is 1.78. The molecular formula is C12H17NO3S. The average molecular weight is 255 g/mol. The van der Waals surface area contributed by atoms with Crippen molar-refractivity contribution in [3.05, 3.63) is 16.3 Å². The van der Waals surface area contributed by atoms with Gasteiger partial charge in [-0.1, -0.05) is 6.42 Å². The van der Waals surface area contributed by atoms with Gasteiger partial charge in [-0.25, -0.2) is 0 Å². The summed E-state index contributed by atoms with van der Waals surface area (Å²) in [7, 11) is 1.56. The number of hydrogen-bond donors (Lipinski definition) is 2. The number of aliphatic hydroxyl groups is 1. The first kappa shape index (κ1) is 12.4. The lowest BCUT2D eigenvalue weighted by Crippen LogP contribution is -2.32. The van der Waals surface area contributed by atoms with Crippen LogP contribution in [0.3, 0.4) is 0 Å². The van der Waals surface area contributed by atoms with E-state index in [0.29, 0.717) is 17.2 Å². The number of thiophene rings is 1. The van der Waals surface area contributed by atoms with Crippen molar-refractivity contribution in [1.29, 1.82) is 0 Å². The Morgan fingerprint density at radius 1 is 1.65 bits per heavy atom. The number of hydrogen-bond acceptors (Lipinski definition) is 4. The topological polar surface area (TPSA) is 58.6 Å². The average Bonchev–Trinajstić information content (AvgIpc) is 2.94. The van der Waals surface area contributed by atoms with E-state index in [1.807, 2.05) is 5.38 Å². The Morgan fingerprint density at radius 2 is 2.47 bits per heavy atom. The van der Waals surface area contributed by atoms with Crippen LogP contribution in [0.5, 0.6) is 5.75 Å². The molecule has 0 spiro atoms. The Bertz CT molecular complexity index is 391. The van der Waals surface area contributed by atoms with Crippen LogP contribution in [-0.2, 0) is 0 Å². The number of rotatable bonds is 4. The standard InChI is InChI=1S/C12H17NO3S/c1-16-10-5-6-17-11(10)12(15)13-7-8-3-2-4-9(8)14/h5-6,8-9,14H,2-4,7H2,1H3,(H,13,15). The fraction of sp³-hybridized carbons (Fsp3) is 0.583. The van der Waals surface area contributed by atoms with Crippen molar-refractivity contribution < 1.29 is 14.6 Å². The number of amides is 1. The molecule has 1 aliphatic rings. The van der Waals surface area contributed by atoms with Crippen LogP contribution in [0.15, 0.2) is 11.4 Å². The monoisotopic (exact) mass is 255 g/mol. The molecule has 1 fully saturated rings. The maximum absolute atomic E-state index is 11.9. The molecule has 0 aliphatic heterocycles. The highest BCUT2D eigenvalue weighted by molar-refractivity contribution is 7.12. The maximum atomic E-state index is 11.9. The zero-order valence-electron chi connectivity index (χ0n) is 9.81. The fourth-order valence-electron chi connectivity index (χ4n) is 2.18. The van der Waals surface area contributed by atoms with Crippen LogP contribution in [0.4, 0.5) is 0 Å². The van der Waals surface area contributed by atoms with Gasteiger partial charge in [0.25, 0.3) is 5.91 Å². The van der Waals surface area contributed by atoms with Crippen LogP contribution in [0.2, 0.25) is 0 Å². The quantitative estimate of drug-likeness (QED) is 0.860. The van der Waals surface area contributed by atoms with Gasteiger partial charge in [0.15, 0.2) is 0 Å². The zero-order chi connectivity index (χ0) is 12.3. The van der Waals surface area contributed by atoms with Crippen LogP contribution in [0.1, 0.15) is 28.9 Å². The third kappa shape index (κ3) is 2.79. The summed E-state index contributed by atoms with van der Waals surface area (Å²) in [5.74, 6) is 0.695. The minimum absolute atomic E-state index is 0.115. The lowest BCUT2D eigenvalue weighted by atomic mass is 10.1. The predicted molar refractivity (Wildman–Crippen MR) is 66.6 cm³/mol. The smallest absolute Gasteiger partial charge is 0.265 e. The molecule has 2 atom stereocenters. The van der Waals surface area contributed by atoms with Gasteiger partial charge in [-0.3, -0.25) is 4.79 Å². The van der Waals surface area contributed by atoms with Crippen molar-refractivity contribution in [1.82, 2.24) is 5.32 Å². The van der Waals surface area contributed by atoms with E-state index in [0.717, 1.165) is 19.3 Å². The molecule has 0 aromatic carbocycles. The van der Waals surface area contributed by atoms with Gasteiger partial charge < -0.3 is 15.2 Å². The fourth-order valence-corrected chi connectivity index (χ4v) is 2.96. The summed E-state index contributed by atoms with van der Waals surface area (Å²) in [6.45, 7) is 0.543. The van der Waals surface area contributed by atoms with E-state index in [2.05, 4.69) is 5.32 Å². The lowest BCUT2D eigenvalue weighted by Gasteiger charge is -2.14. The molecule has 4 nitrogen and oxygen atoms in total. The minimum atomic E-state index is -0.263. The van der Waals surface area contributed by atoms with Crippen LogP contribution >= 0.6 is 11.3 Å². The van der Waals surface area contributed by atoms with Gasteiger partial charge in [0, 0.05) is 12.5 Å². The lowest BCUT2D eigenvalue weighted by molar-refractivity contribution is 0.0918. The highest BCUT2D eigenvalue weighted by Gasteiger charge is 2.26. The van der Waals surface area contributed by atoms with Gasteiger partial charge in [-0.15, -0.1) is 11.3 Å². The first-order valence-electron chi connectivity index (χ1n) is 5.80. The van der Waals surface area contributed by atoms with Crippen molar-refractivity contribution in [2.24, 2.45) is 5.92 Å². The largest absolute Gasteiger partial charge is 0.495 e. The van der Waals surface area contributed by atoms with E-state index >= 15 is 0 Å². The van der Waals surface area contributed by atoms with Crippen LogP contribution in [-0.4, -0.2) is 30.8 Å². The summed E-state index contributed by atoms with van der Waals surface area (Å²) >= 11 is 1.37. The summed E-state index contributed by atoms with van der Waals surface area (Å²) < 4.78 is 5.10. The van der Waals surface area contributed by atoms with Crippen LogP contribution < -0.4 is 10.1 Å². The van der Waals surface area contributed by atoms with Crippen molar-refractivity contribution in [3.8, 4) is 5.75 Å². The molecule has 0 saturated heterocycles. The number of carbonyl (C=O) groups excluding carboxylic acids is 1. The molecular weight excluding hydrogens is 238 g/mol. The van der Waals surface area contributed by atoms with E-state index in [1.165, 1.54) is 11.3 Å². The van der Waals surface area contributed by atoms with E-state index in [9.17, 15) is 9.90 Å². The molecule has 94 valence electrons. The predicted octanol–water partition coefficient (Wildman–Crippen LogP) is 1.65. The molecule has 0 bridgehead atoms. The van der Waals surface area contributed by atoms with Gasteiger partial charge in [0.1, 0.15) is 10.6 Å². The second kappa shape index (κ2) is 5.51. The van der Waals surface area contributed by atoms with E-state index < -0.39 is 0 Å². The highest BCUT2D eigenvalue weighted by atomic mass is 32.1. The molecule has 2 rings (SSSR count). The molecule has 17 heavy (non-hydrogen) atoms. The molecule has 1 aromatic rings. The summed E-state index contributed by atoms with van der Waals surface area (Å²) in [5.41, 5.74) is 0. The molecule has 1 aliphatic carbocycles. The van der Waals surface area contributed by atoms with Crippen molar-refractivity contribution in [2.75, 3.05) is 13.7 Å². The maximum Gasteiger partial charge on any atom is 0.265 e. The summed E-state index contributed by atoms with van der Waals surface area (Å²) in [6.07, 6.45) is 2.62. The normalized spacial score (nSPS) is 23.6. The van der Waals surface area contributed by atoms with Gasteiger partial charge in [0.05, 0.1) is 13.2 Å². The molecule has 2 N–H and O–H groups in total. The Kier molecular flexibility index (Phi) is 4.02. The van der Waals surface area contributed by atoms with Gasteiger partial charge in [0.2, 0.25) is 0 Å². The number of carbonyl (C=O) groups is 1. The second-order valence-corrected chi connectivity index (χ2v) is 5.20. The molecule has 1 saturated carbocycles. The van der Waals surface area contributed by atoms with E-state index in [1.54, 1.807) is 13.2 Å². The number of aliphatic hydroxyl groups excluding tert-OH is 1. The Morgan fingerprint density at radius 3 is 3.12 bits per heavy atom. The first-order valence-corrected chi connectivity index (χ1v) is 6.68. The van der Waals surface area contributed by atoms with Crippen molar-refractivity contribution >= 4 is 17.2 Å². The molecule has 1 aromatic heterocycles. The Hall–Kier alpha value is -1.07. The highest BCUT2D eigenvalue weighted by Crippen LogP contribution is 2.26. The van der Waals surface area contributed by atoms with Crippen molar-refractivity contribution in [2.45, 2.75) is 25.4 Å². The number of nitrogens with one attached hydrogen (secondary N) is 1. The van der Waals surface area contributed by atoms with Gasteiger partial charge in [-0.2, -0.15) is 0 Å². The second-order valence-electron chi connectivity index (χ2n) is 4.29. The van der Waals surface area contributed by atoms with Gasteiger partial charge in [-0.05, 0) is 24.3 Å². The Labute approximate surface area is 105 Å². The molecule has 2 unspecified atom stereocenters. The summed E-state index contributed by atoms with van der Waals surface area (Å²) in [4.78, 5) is 12.5. The zero-order valence-corrected chi connectivity index (χ0v) is 10.6. The molecule has 5 heteroatoms. The SMILES string of the molecule is COc1ccsc1C(=O)NCC1CCCC1O. The molecule has 1 amide bonds. The third-order valence-corrected chi connectivity index (χ3v) is 4.09. The number of methoxy groups -OCH3 is 1. The van der Waals surface area contributed by atoms with Gasteiger partial charge >= 0.3 is 0 Å². The molecule has 0 radical (unpaired) electrons. The van der Waals surface area contributed by atoms with E-state index in [4.69, 9.17) is 4.74 Å². The van der Waals surface area contributed by atoms with E-state index in [-0.39, 0.29) is 17.9 Å². The van der Waals surface area contributed by atoms with Crippen molar-refractivity contribution in [3.63, 3.8) is 0 Å². The van der Waals surface area contributed by atoms with Crippen LogP contribution in [0.25, 0.3) is 0 Å². The Balaban J connectivity index is 1.89. The first-order chi connectivity index (χ1) is 8.22. The molecule has 1 heterocycles. The minimum Gasteiger partial charge on any atom is -0.495 e.